The standard InChI is InChI=1S/C19H15N3O/c1-3-13(17-10-19(23-22-17)14-5-6-14)4-2-12(1)15-7-8-16-18(9-15)21-11-20-16/h1-4,7-11,14H,5-6H2,(H,20,21). The number of aromatic nitrogens is 3. The Labute approximate surface area is 133 Å². The molecule has 4 nitrogen and oxygen atoms in total. The Morgan fingerprint density at radius 2 is 1.70 bits per heavy atom. The van der Waals surface area contributed by atoms with Crippen molar-refractivity contribution in [1.29, 1.82) is 0 Å². The maximum absolute atomic E-state index is 5.44. The minimum absolute atomic E-state index is 0.594. The van der Waals surface area contributed by atoms with Gasteiger partial charge in [-0.2, -0.15) is 0 Å². The normalized spacial score (nSPS) is 14.4. The van der Waals surface area contributed by atoms with E-state index in [2.05, 4.69) is 57.6 Å². The van der Waals surface area contributed by atoms with Gasteiger partial charge in [0.25, 0.3) is 0 Å². The molecule has 1 aliphatic carbocycles. The lowest BCUT2D eigenvalue weighted by atomic mass is 10.0. The molecule has 112 valence electrons. The third-order valence-corrected chi connectivity index (χ3v) is 4.44. The van der Waals surface area contributed by atoms with E-state index in [1.165, 1.54) is 24.0 Å². The lowest BCUT2D eigenvalue weighted by Gasteiger charge is -2.03. The van der Waals surface area contributed by atoms with Gasteiger partial charge < -0.3 is 9.51 Å². The SMILES string of the molecule is c1nc2ccc(-c3ccc(-c4cc(C5CC5)on4)cc3)cc2[nH]1. The van der Waals surface area contributed by atoms with E-state index in [9.17, 15) is 0 Å². The molecule has 0 saturated heterocycles. The lowest BCUT2D eigenvalue weighted by Crippen LogP contribution is -1.81. The highest BCUT2D eigenvalue weighted by atomic mass is 16.5. The molecular formula is C19H15N3O. The average molecular weight is 301 g/mol. The lowest BCUT2D eigenvalue weighted by molar-refractivity contribution is 0.386. The molecule has 0 spiro atoms. The number of nitrogens with one attached hydrogen (secondary N) is 1. The summed E-state index contributed by atoms with van der Waals surface area (Å²) in [6, 6.07) is 16.8. The Morgan fingerprint density at radius 3 is 2.52 bits per heavy atom. The maximum Gasteiger partial charge on any atom is 0.140 e. The zero-order valence-electron chi connectivity index (χ0n) is 12.5. The highest BCUT2D eigenvalue weighted by molar-refractivity contribution is 5.82. The summed E-state index contributed by atoms with van der Waals surface area (Å²) >= 11 is 0. The van der Waals surface area contributed by atoms with E-state index >= 15 is 0 Å². The van der Waals surface area contributed by atoms with Gasteiger partial charge in [0.05, 0.1) is 17.4 Å². The smallest absolute Gasteiger partial charge is 0.140 e. The van der Waals surface area contributed by atoms with Crippen LogP contribution in [0.1, 0.15) is 24.5 Å². The second-order valence-corrected chi connectivity index (χ2v) is 6.10. The zero-order chi connectivity index (χ0) is 15.2. The minimum Gasteiger partial charge on any atom is -0.360 e. The fourth-order valence-electron chi connectivity index (χ4n) is 2.93. The van der Waals surface area contributed by atoms with Gasteiger partial charge in [0.2, 0.25) is 0 Å². The van der Waals surface area contributed by atoms with Crippen LogP contribution in [0.3, 0.4) is 0 Å². The van der Waals surface area contributed by atoms with E-state index in [0.717, 1.165) is 28.1 Å². The molecule has 4 aromatic rings. The summed E-state index contributed by atoms with van der Waals surface area (Å²) in [7, 11) is 0. The number of imidazole rings is 1. The number of nitrogens with zero attached hydrogens (tertiary/aromatic N) is 2. The minimum atomic E-state index is 0.594. The number of benzene rings is 2. The predicted octanol–water partition coefficient (Wildman–Crippen LogP) is 4.76. The van der Waals surface area contributed by atoms with Gasteiger partial charge in [-0.1, -0.05) is 35.5 Å². The third kappa shape index (κ3) is 2.23. The molecule has 4 heteroatoms. The van der Waals surface area contributed by atoms with E-state index in [-0.39, 0.29) is 0 Å². The highest BCUT2D eigenvalue weighted by Crippen LogP contribution is 2.41. The summed E-state index contributed by atoms with van der Waals surface area (Å²) in [4.78, 5) is 7.41. The van der Waals surface area contributed by atoms with E-state index in [4.69, 9.17) is 4.52 Å². The first-order valence-electron chi connectivity index (χ1n) is 7.87. The first kappa shape index (κ1) is 12.6. The van der Waals surface area contributed by atoms with Crippen molar-refractivity contribution in [2.45, 2.75) is 18.8 Å². The number of aromatic amines is 1. The quantitative estimate of drug-likeness (QED) is 0.593. The van der Waals surface area contributed by atoms with Crippen molar-refractivity contribution in [2.24, 2.45) is 0 Å². The van der Waals surface area contributed by atoms with Gasteiger partial charge in [-0.3, -0.25) is 0 Å². The Morgan fingerprint density at radius 1 is 0.913 bits per heavy atom. The van der Waals surface area contributed by atoms with Crippen molar-refractivity contribution >= 4 is 11.0 Å². The van der Waals surface area contributed by atoms with Crippen molar-refractivity contribution in [3.05, 3.63) is 60.6 Å². The van der Waals surface area contributed by atoms with Crippen LogP contribution in [0.4, 0.5) is 0 Å². The molecular weight excluding hydrogens is 286 g/mol. The molecule has 1 N–H and O–H groups in total. The van der Waals surface area contributed by atoms with Crippen LogP contribution in [0, 0.1) is 0 Å². The summed E-state index contributed by atoms with van der Waals surface area (Å²) in [6.45, 7) is 0. The van der Waals surface area contributed by atoms with Crippen molar-refractivity contribution in [3.63, 3.8) is 0 Å². The first-order valence-corrected chi connectivity index (χ1v) is 7.87. The molecule has 0 radical (unpaired) electrons. The van der Waals surface area contributed by atoms with Crippen LogP contribution < -0.4 is 0 Å². The molecule has 23 heavy (non-hydrogen) atoms. The van der Waals surface area contributed by atoms with Crippen molar-refractivity contribution in [1.82, 2.24) is 15.1 Å². The Bertz CT molecular complexity index is 977. The largest absolute Gasteiger partial charge is 0.360 e. The van der Waals surface area contributed by atoms with E-state index in [1.807, 2.05) is 6.07 Å². The van der Waals surface area contributed by atoms with Gasteiger partial charge in [-0.05, 0) is 36.1 Å². The number of fused-ring (bicyclic) bond motifs is 1. The van der Waals surface area contributed by atoms with Crippen molar-refractivity contribution in [2.75, 3.05) is 0 Å². The average Bonchev–Trinajstić information content (AvgIpc) is 3.14. The predicted molar refractivity (Wildman–Crippen MR) is 89.0 cm³/mol. The van der Waals surface area contributed by atoms with Crippen LogP contribution >= 0.6 is 0 Å². The maximum atomic E-state index is 5.44. The number of rotatable bonds is 3. The zero-order valence-corrected chi connectivity index (χ0v) is 12.5. The van der Waals surface area contributed by atoms with Crippen LogP contribution in [0.5, 0.6) is 0 Å². The van der Waals surface area contributed by atoms with Crippen LogP contribution in [0.25, 0.3) is 33.4 Å². The van der Waals surface area contributed by atoms with Gasteiger partial charge in [0.15, 0.2) is 0 Å². The topological polar surface area (TPSA) is 54.7 Å². The van der Waals surface area contributed by atoms with Gasteiger partial charge in [-0.25, -0.2) is 4.98 Å². The number of hydrogen-bond acceptors (Lipinski definition) is 3. The Hall–Kier alpha value is -2.88. The molecule has 1 saturated carbocycles. The first-order chi connectivity index (χ1) is 11.4. The Balaban J connectivity index is 1.47. The second-order valence-electron chi connectivity index (χ2n) is 6.10. The number of hydrogen-bond donors (Lipinski definition) is 1. The fourth-order valence-corrected chi connectivity index (χ4v) is 2.93. The van der Waals surface area contributed by atoms with Crippen LogP contribution in [-0.2, 0) is 0 Å². The summed E-state index contributed by atoms with van der Waals surface area (Å²) in [5, 5.41) is 4.20. The summed E-state index contributed by atoms with van der Waals surface area (Å²) in [5.74, 6) is 1.62. The van der Waals surface area contributed by atoms with E-state index < -0.39 is 0 Å². The molecule has 2 aromatic carbocycles. The van der Waals surface area contributed by atoms with Crippen LogP contribution in [0.2, 0.25) is 0 Å². The molecule has 0 unspecified atom stereocenters. The Kier molecular flexibility index (Phi) is 2.65. The second kappa shape index (κ2) is 4.81. The molecule has 0 atom stereocenters. The summed E-state index contributed by atoms with van der Waals surface area (Å²) < 4.78 is 5.44. The van der Waals surface area contributed by atoms with Gasteiger partial charge in [0, 0.05) is 17.5 Å². The van der Waals surface area contributed by atoms with Crippen molar-refractivity contribution < 1.29 is 4.52 Å². The highest BCUT2D eigenvalue weighted by Gasteiger charge is 2.27. The van der Waals surface area contributed by atoms with Gasteiger partial charge in [0.1, 0.15) is 11.5 Å². The monoisotopic (exact) mass is 301 g/mol. The van der Waals surface area contributed by atoms with Crippen molar-refractivity contribution in [3.8, 4) is 22.4 Å². The molecule has 1 fully saturated rings. The van der Waals surface area contributed by atoms with Crippen LogP contribution in [0.15, 0.2) is 59.4 Å². The summed E-state index contributed by atoms with van der Waals surface area (Å²) in [5.41, 5.74) is 6.40. The van der Waals surface area contributed by atoms with Gasteiger partial charge >= 0.3 is 0 Å². The molecule has 1 aliphatic rings. The molecule has 0 amide bonds. The number of H-pyrrole nitrogens is 1. The molecule has 0 bridgehead atoms. The third-order valence-electron chi connectivity index (χ3n) is 4.44. The van der Waals surface area contributed by atoms with Crippen LogP contribution in [-0.4, -0.2) is 15.1 Å². The fraction of sp³-hybridized carbons (Fsp3) is 0.158. The molecule has 0 aliphatic heterocycles. The molecule has 2 heterocycles. The van der Waals surface area contributed by atoms with E-state index in [1.54, 1.807) is 6.33 Å². The summed E-state index contributed by atoms with van der Waals surface area (Å²) in [6.07, 6.45) is 4.17. The molecule has 5 rings (SSSR count). The van der Waals surface area contributed by atoms with E-state index in [0.29, 0.717) is 5.92 Å². The van der Waals surface area contributed by atoms with Gasteiger partial charge in [-0.15, -0.1) is 0 Å². The molecule has 2 aromatic heterocycles.